The van der Waals surface area contributed by atoms with Crippen LogP contribution in [0.2, 0.25) is 0 Å². The highest BCUT2D eigenvalue weighted by atomic mass is 16.4. The fourth-order valence-electron chi connectivity index (χ4n) is 1.32. The Morgan fingerprint density at radius 1 is 1.50 bits per heavy atom. The lowest BCUT2D eigenvalue weighted by atomic mass is 10.0. The summed E-state index contributed by atoms with van der Waals surface area (Å²) in [4.78, 5) is 21.9. The Morgan fingerprint density at radius 2 is 2.19 bits per heavy atom. The van der Waals surface area contributed by atoms with Gasteiger partial charge >= 0.3 is 5.97 Å². The summed E-state index contributed by atoms with van der Waals surface area (Å²) in [7, 11) is 0. The minimum atomic E-state index is -0.941. The van der Waals surface area contributed by atoms with Crippen molar-refractivity contribution in [1.82, 2.24) is 5.32 Å². The third-order valence-electron chi connectivity index (χ3n) is 2.15. The van der Waals surface area contributed by atoms with Gasteiger partial charge in [0.2, 0.25) is 0 Å². The van der Waals surface area contributed by atoms with Gasteiger partial charge in [-0.25, -0.2) is 0 Å². The molecular formula is C11H15NO4. The topological polar surface area (TPSA) is 79.5 Å². The van der Waals surface area contributed by atoms with Crippen LogP contribution in [0.3, 0.4) is 0 Å². The Labute approximate surface area is 93.4 Å². The fraction of sp³-hybridized carbons (Fsp3) is 0.455. The molecule has 0 bridgehead atoms. The van der Waals surface area contributed by atoms with E-state index >= 15 is 0 Å². The number of amides is 1. The normalized spacial score (nSPS) is 10.4. The molecule has 0 fully saturated rings. The Kier molecular flexibility index (Phi) is 4.10. The van der Waals surface area contributed by atoms with Crippen molar-refractivity contribution in [2.24, 2.45) is 0 Å². The maximum atomic E-state index is 11.6. The van der Waals surface area contributed by atoms with Crippen molar-refractivity contribution in [2.45, 2.75) is 26.2 Å². The molecule has 0 aromatic carbocycles. The minimum Gasteiger partial charge on any atom is -0.481 e. The van der Waals surface area contributed by atoms with Crippen molar-refractivity contribution < 1.29 is 19.1 Å². The van der Waals surface area contributed by atoms with Crippen molar-refractivity contribution in [2.75, 3.05) is 6.54 Å². The van der Waals surface area contributed by atoms with Crippen LogP contribution in [0.15, 0.2) is 16.7 Å². The van der Waals surface area contributed by atoms with Crippen LogP contribution in [0.25, 0.3) is 0 Å². The summed E-state index contributed by atoms with van der Waals surface area (Å²) < 4.78 is 5.09. The van der Waals surface area contributed by atoms with Crippen LogP contribution in [0.5, 0.6) is 0 Å². The molecule has 0 spiro atoms. The van der Waals surface area contributed by atoms with Gasteiger partial charge in [0.25, 0.3) is 5.91 Å². The van der Waals surface area contributed by atoms with Crippen LogP contribution in [0.1, 0.15) is 42.3 Å². The van der Waals surface area contributed by atoms with Crippen LogP contribution in [0.4, 0.5) is 0 Å². The third kappa shape index (κ3) is 3.12. The summed E-state index contributed by atoms with van der Waals surface area (Å²) >= 11 is 0. The van der Waals surface area contributed by atoms with Crippen LogP contribution in [-0.4, -0.2) is 23.5 Å². The molecule has 1 rings (SSSR count). The molecule has 5 nitrogen and oxygen atoms in total. The minimum absolute atomic E-state index is 0.0938. The summed E-state index contributed by atoms with van der Waals surface area (Å²) in [6.45, 7) is 4.02. The van der Waals surface area contributed by atoms with E-state index in [0.29, 0.717) is 0 Å². The molecule has 0 aliphatic rings. The largest absolute Gasteiger partial charge is 0.481 e. The first kappa shape index (κ1) is 12.3. The van der Waals surface area contributed by atoms with E-state index in [1.165, 1.54) is 6.26 Å². The molecule has 1 aromatic rings. The average Bonchev–Trinajstić information content (AvgIpc) is 2.65. The molecule has 0 saturated carbocycles. The van der Waals surface area contributed by atoms with Gasteiger partial charge in [0.15, 0.2) is 5.76 Å². The summed E-state index contributed by atoms with van der Waals surface area (Å²) in [6, 6.07) is 1.75. The van der Waals surface area contributed by atoms with Crippen molar-refractivity contribution in [3.63, 3.8) is 0 Å². The molecule has 16 heavy (non-hydrogen) atoms. The number of aliphatic carboxylic acids is 1. The van der Waals surface area contributed by atoms with Gasteiger partial charge in [0.05, 0.1) is 12.7 Å². The smallest absolute Gasteiger partial charge is 0.305 e. The second-order valence-electron chi connectivity index (χ2n) is 3.76. The Hall–Kier alpha value is -1.78. The lowest BCUT2D eigenvalue weighted by Crippen LogP contribution is -2.26. The number of rotatable bonds is 5. The average molecular weight is 225 g/mol. The first-order valence-corrected chi connectivity index (χ1v) is 5.09. The van der Waals surface area contributed by atoms with E-state index < -0.39 is 5.97 Å². The van der Waals surface area contributed by atoms with Crippen LogP contribution >= 0.6 is 0 Å². The van der Waals surface area contributed by atoms with Crippen molar-refractivity contribution in [3.05, 3.63) is 23.7 Å². The zero-order valence-corrected chi connectivity index (χ0v) is 9.32. The van der Waals surface area contributed by atoms with E-state index in [1.54, 1.807) is 6.07 Å². The van der Waals surface area contributed by atoms with E-state index in [0.717, 1.165) is 5.56 Å². The highest BCUT2D eigenvalue weighted by Crippen LogP contribution is 2.20. The first-order chi connectivity index (χ1) is 7.52. The third-order valence-corrected chi connectivity index (χ3v) is 2.15. The molecule has 0 aliphatic carbocycles. The standard InChI is InChI=1S/C11H15NO4/c1-7(2)8-4-6-16-10(8)11(15)12-5-3-9(13)14/h4,6-7H,3,5H2,1-2H3,(H,12,15)(H,13,14). The predicted octanol–water partition coefficient (Wildman–Crippen LogP) is 1.61. The number of carbonyl (C=O) groups excluding carboxylic acids is 1. The molecule has 0 radical (unpaired) electrons. The quantitative estimate of drug-likeness (QED) is 0.797. The summed E-state index contributed by atoms with van der Waals surface area (Å²) in [5, 5.41) is 10.9. The van der Waals surface area contributed by atoms with E-state index in [2.05, 4.69) is 5.32 Å². The zero-order chi connectivity index (χ0) is 12.1. The molecular weight excluding hydrogens is 210 g/mol. The van der Waals surface area contributed by atoms with Gasteiger partial charge in [-0.15, -0.1) is 0 Å². The highest BCUT2D eigenvalue weighted by molar-refractivity contribution is 5.93. The van der Waals surface area contributed by atoms with Gasteiger partial charge in [0, 0.05) is 12.1 Å². The lowest BCUT2D eigenvalue weighted by molar-refractivity contribution is -0.136. The second-order valence-corrected chi connectivity index (χ2v) is 3.76. The molecule has 1 amide bonds. The van der Waals surface area contributed by atoms with Gasteiger partial charge < -0.3 is 14.8 Å². The maximum Gasteiger partial charge on any atom is 0.305 e. The summed E-state index contributed by atoms with van der Waals surface area (Å²) in [5.74, 6) is -0.849. The SMILES string of the molecule is CC(C)c1ccoc1C(=O)NCCC(=O)O. The number of carboxylic acids is 1. The highest BCUT2D eigenvalue weighted by Gasteiger charge is 2.17. The molecule has 1 heterocycles. The molecule has 1 aromatic heterocycles. The lowest BCUT2D eigenvalue weighted by Gasteiger charge is -2.05. The molecule has 0 aliphatic heterocycles. The van der Waals surface area contributed by atoms with Gasteiger partial charge in [-0.1, -0.05) is 13.8 Å². The molecule has 0 atom stereocenters. The zero-order valence-electron chi connectivity index (χ0n) is 9.32. The van der Waals surface area contributed by atoms with Gasteiger partial charge in [0.1, 0.15) is 0 Å². The molecule has 0 unspecified atom stereocenters. The van der Waals surface area contributed by atoms with Crippen LogP contribution < -0.4 is 5.32 Å². The van der Waals surface area contributed by atoms with Crippen molar-refractivity contribution >= 4 is 11.9 Å². The van der Waals surface area contributed by atoms with Gasteiger partial charge in [-0.2, -0.15) is 0 Å². The van der Waals surface area contributed by atoms with Crippen molar-refractivity contribution in [1.29, 1.82) is 0 Å². The Balaban J connectivity index is 2.59. The number of hydrogen-bond acceptors (Lipinski definition) is 3. The van der Waals surface area contributed by atoms with E-state index in [9.17, 15) is 9.59 Å². The van der Waals surface area contributed by atoms with Gasteiger partial charge in [-0.3, -0.25) is 9.59 Å². The Morgan fingerprint density at radius 3 is 2.75 bits per heavy atom. The molecule has 2 N–H and O–H groups in total. The maximum absolute atomic E-state index is 11.6. The van der Waals surface area contributed by atoms with Crippen LogP contribution in [0, 0.1) is 0 Å². The number of furan rings is 1. The number of nitrogens with one attached hydrogen (secondary N) is 1. The Bertz CT molecular complexity index is 381. The van der Waals surface area contributed by atoms with Gasteiger partial charge in [-0.05, 0) is 12.0 Å². The predicted molar refractivity (Wildman–Crippen MR) is 57.4 cm³/mol. The summed E-state index contributed by atoms with van der Waals surface area (Å²) in [6.07, 6.45) is 1.37. The first-order valence-electron chi connectivity index (χ1n) is 5.09. The van der Waals surface area contributed by atoms with E-state index in [4.69, 9.17) is 9.52 Å². The second kappa shape index (κ2) is 5.34. The monoisotopic (exact) mass is 225 g/mol. The fourth-order valence-corrected chi connectivity index (χ4v) is 1.32. The van der Waals surface area contributed by atoms with E-state index in [1.807, 2.05) is 13.8 Å². The molecule has 5 heteroatoms. The van der Waals surface area contributed by atoms with Crippen molar-refractivity contribution in [3.8, 4) is 0 Å². The number of carbonyl (C=O) groups is 2. The van der Waals surface area contributed by atoms with Crippen LogP contribution in [-0.2, 0) is 4.79 Å². The summed E-state index contributed by atoms with van der Waals surface area (Å²) in [5.41, 5.74) is 0.827. The number of carboxylic acid groups (broad SMARTS) is 1. The molecule has 0 saturated heterocycles. The van der Waals surface area contributed by atoms with E-state index in [-0.39, 0.29) is 30.6 Å². The molecule has 88 valence electrons. The number of hydrogen-bond donors (Lipinski definition) is 2.